The number of hydrogen-bond donors (Lipinski definition) is 1. The van der Waals surface area contributed by atoms with Crippen molar-refractivity contribution in [2.24, 2.45) is 11.8 Å². The fourth-order valence-corrected chi connectivity index (χ4v) is 8.01. The highest BCUT2D eigenvalue weighted by Crippen LogP contribution is 2.32. The van der Waals surface area contributed by atoms with Crippen LogP contribution in [0.4, 0.5) is 4.79 Å². The molecule has 2 fully saturated rings. The molecule has 5 rings (SSSR count). The number of nitrogens with one attached hydrogen (secondary N) is 1. The largest absolute Gasteiger partial charge is 0.490 e. The number of carbonyl (C=O) groups is 4. The molecule has 314 valence electrons. The molecule has 1 N–H and O–H groups in total. The van der Waals surface area contributed by atoms with Crippen molar-refractivity contribution in [2.75, 3.05) is 46.5 Å². The molecule has 1 unspecified atom stereocenters. The van der Waals surface area contributed by atoms with Gasteiger partial charge in [-0.05, 0) is 95.5 Å². The number of ether oxygens (including phenoxy) is 3. The number of para-hydroxylation sites is 1. The van der Waals surface area contributed by atoms with Gasteiger partial charge in [0.2, 0.25) is 11.8 Å². The summed E-state index contributed by atoms with van der Waals surface area (Å²) in [6.45, 7) is 9.21. The van der Waals surface area contributed by atoms with Gasteiger partial charge in [0.1, 0.15) is 24.6 Å². The SMILES string of the molecule is COC(=O)CC(NC(=O)[C@@H]1CCCN(C(=O)CCC2CCN(C(=O)OC(C)(C)C)CC2)C1)c1cncc(-c2ccccc2OCCOS(=O)(=O)c2ccc(C)cc2)c1. The van der Waals surface area contributed by atoms with Crippen molar-refractivity contribution >= 4 is 34.0 Å². The molecule has 58 heavy (non-hydrogen) atoms. The monoisotopic (exact) mass is 820 g/mol. The van der Waals surface area contributed by atoms with Crippen molar-refractivity contribution < 1.29 is 46.0 Å². The Morgan fingerprint density at radius 3 is 2.36 bits per heavy atom. The highest BCUT2D eigenvalue weighted by atomic mass is 32.2. The third-order valence-corrected chi connectivity index (χ3v) is 11.7. The number of methoxy groups -OCH3 is 1. The Hall–Kier alpha value is -5.02. The molecule has 0 bridgehead atoms. The third-order valence-electron chi connectivity index (χ3n) is 10.3. The lowest BCUT2D eigenvalue weighted by Gasteiger charge is -2.35. The summed E-state index contributed by atoms with van der Waals surface area (Å²) in [7, 11) is -2.67. The predicted molar refractivity (Wildman–Crippen MR) is 216 cm³/mol. The zero-order valence-corrected chi connectivity index (χ0v) is 34.9. The molecule has 3 heterocycles. The van der Waals surface area contributed by atoms with E-state index in [0.717, 1.165) is 24.8 Å². The number of rotatable bonds is 15. The van der Waals surface area contributed by atoms with Gasteiger partial charge in [-0.3, -0.25) is 23.6 Å². The number of piperidine rings is 2. The van der Waals surface area contributed by atoms with E-state index >= 15 is 0 Å². The number of aryl methyl sites for hydroxylation is 1. The van der Waals surface area contributed by atoms with Crippen molar-refractivity contribution in [3.63, 3.8) is 0 Å². The molecular formula is C43H56N4O10S. The lowest BCUT2D eigenvalue weighted by Crippen LogP contribution is -2.46. The minimum Gasteiger partial charge on any atom is -0.490 e. The van der Waals surface area contributed by atoms with E-state index in [1.807, 2.05) is 45.9 Å². The summed E-state index contributed by atoms with van der Waals surface area (Å²) in [4.78, 5) is 60.2. The van der Waals surface area contributed by atoms with Crippen LogP contribution in [0.15, 0.2) is 71.9 Å². The first kappa shape index (κ1) is 44.1. The molecule has 3 amide bonds. The molecule has 2 aliphatic rings. The number of aromatic nitrogens is 1. The van der Waals surface area contributed by atoms with E-state index in [2.05, 4.69) is 10.3 Å². The van der Waals surface area contributed by atoms with Crippen LogP contribution in [0.5, 0.6) is 5.75 Å². The van der Waals surface area contributed by atoms with Gasteiger partial charge in [0.05, 0.1) is 30.4 Å². The van der Waals surface area contributed by atoms with E-state index in [4.69, 9.17) is 18.4 Å². The minimum absolute atomic E-state index is 0.00965. The van der Waals surface area contributed by atoms with Gasteiger partial charge < -0.3 is 29.3 Å². The second-order valence-corrected chi connectivity index (χ2v) is 17.5. The summed E-state index contributed by atoms with van der Waals surface area (Å²) >= 11 is 0. The molecule has 1 aromatic heterocycles. The number of hydrogen-bond acceptors (Lipinski definition) is 11. The van der Waals surface area contributed by atoms with Crippen LogP contribution in [0, 0.1) is 18.8 Å². The van der Waals surface area contributed by atoms with E-state index < -0.39 is 33.6 Å². The average Bonchev–Trinajstić information content (AvgIpc) is 3.21. The van der Waals surface area contributed by atoms with Crippen molar-refractivity contribution in [1.82, 2.24) is 20.1 Å². The van der Waals surface area contributed by atoms with Crippen LogP contribution < -0.4 is 10.1 Å². The first-order valence-electron chi connectivity index (χ1n) is 19.9. The van der Waals surface area contributed by atoms with Crippen molar-refractivity contribution in [3.8, 4) is 16.9 Å². The summed E-state index contributed by atoms with van der Waals surface area (Å²) < 4.78 is 46.9. The van der Waals surface area contributed by atoms with Gasteiger partial charge in [-0.1, -0.05) is 35.9 Å². The van der Waals surface area contributed by atoms with E-state index in [1.54, 1.807) is 46.5 Å². The molecule has 2 saturated heterocycles. The second kappa shape index (κ2) is 20.1. The van der Waals surface area contributed by atoms with Crippen molar-refractivity contribution in [2.45, 2.75) is 89.2 Å². The topological polar surface area (TPSA) is 171 Å². The quantitative estimate of drug-likeness (QED) is 0.105. The maximum atomic E-state index is 13.8. The van der Waals surface area contributed by atoms with Crippen LogP contribution in [0.1, 0.15) is 82.9 Å². The molecule has 0 saturated carbocycles. The Bertz CT molecular complexity index is 1990. The maximum absolute atomic E-state index is 13.8. The standard InChI is InChI=1S/C43H56N4O10S/c1-30-12-15-35(16-13-30)58(52,53)56-24-23-55-38-11-7-6-10-36(38)33-25-34(28-44-27-33)37(26-40(49)54-5)45-41(50)32-9-8-20-47(29-32)39(48)17-14-31-18-21-46(22-19-31)42(51)57-43(2,3)4/h6-7,10-13,15-16,25,27-28,31-32,37H,8-9,14,17-24,26,29H2,1-5H3,(H,45,50)/t32-,37?/m1/s1. The number of esters is 1. The average molecular weight is 821 g/mol. The van der Waals surface area contributed by atoms with Crippen LogP contribution in [0.3, 0.4) is 0 Å². The molecule has 0 aliphatic carbocycles. The molecule has 2 aliphatic heterocycles. The third kappa shape index (κ3) is 12.7. The Kier molecular flexibility index (Phi) is 15.3. The normalized spacial score (nSPS) is 16.9. The molecular weight excluding hydrogens is 765 g/mol. The molecule has 2 aromatic carbocycles. The first-order valence-corrected chi connectivity index (χ1v) is 21.3. The van der Waals surface area contributed by atoms with E-state index in [-0.39, 0.29) is 49.0 Å². The number of carbonyl (C=O) groups excluding carboxylic acids is 4. The lowest BCUT2D eigenvalue weighted by atomic mass is 9.91. The van der Waals surface area contributed by atoms with Gasteiger partial charge in [-0.25, -0.2) is 4.79 Å². The summed E-state index contributed by atoms with van der Waals surface area (Å²) in [6.07, 6.45) is 6.77. The van der Waals surface area contributed by atoms with E-state index in [1.165, 1.54) is 19.2 Å². The number of likely N-dealkylation sites (tertiary alicyclic amines) is 2. The molecule has 3 aromatic rings. The van der Waals surface area contributed by atoms with Crippen LogP contribution in [0.25, 0.3) is 11.1 Å². The zero-order valence-electron chi connectivity index (χ0n) is 34.1. The molecule has 2 atom stereocenters. The highest BCUT2D eigenvalue weighted by molar-refractivity contribution is 7.86. The number of amides is 3. The second-order valence-electron chi connectivity index (χ2n) is 15.9. The van der Waals surface area contributed by atoms with E-state index in [0.29, 0.717) is 67.3 Å². The summed E-state index contributed by atoms with van der Waals surface area (Å²) in [5.74, 6) is -0.444. The Morgan fingerprint density at radius 1 is 0.931 bits per heavy atom. The smallest absolute Gasteiger partial charge is 0.410 e. The number of benzene rings is 2. The maximum Gasteiger partial charge on any atom is 0.410 e. The summed E-state index contributed by atoms with van der Waals surface area (Å²) in [5, 5.41) is 3.04. The molecule has 0 spiro atoms. The number of nitrogens with zero attached hydrogens (tertiary/aromatic N) is 3. The highest BCUT2D eigenvalue weighted by Gasteiger charge is 2.32. The van der Waals surface area contributed by atoms with Gasteiger partial charge in [0.25, 0.3) is 10.1 Å². The first-order chi connectivity index (χ1) is 27.6. The summed E-state index contributed by atoms with van der Waals surface area (Å²) in [6, 6.07) is 14.6. The predicted octanol–water partition coefficient (Wildman–Crippen LogP) is 6.23. The van der Waals surface area contributed by atoms with Crippen LogP contribution >= 0.6 is 0 Å². The Morgan fingerprint density at radius 2 is 1.66 bits per heavy atom. The van der Waals surface area contributed by atoms with Crippen molar-refractivity contribution in [3.05, 3.63) is 78.1 Å². The molecule has 0 radical (unpaired) electrons. The molecule has 15 heteroatoms. The van der Waals surface area contributed by atoms with Crippen molar-refractivity contribution in [1.29, 1.82) is 0 Å². The van der Waals surface area contributed by atoms with Crippen LogP contribution in [-0.4, -0.2) is 99.2 Å². The Balaban J connectivity index is 1.17. The Labute approximate surface area is 341 Å². The fourth-order valence-electron chi connectivity index (χ4n) is 7.12. The van der Waals surface area contributed by atoms with Crippen LogP contribution in [0.2, 0.25) is 0 Å². The van der Waals surface area contributed by atoms with Crippen LogP contribution in [-0.2, 0) is 38.2 Å². The fraction of sp³-hybridized carbons (Fsp3) is 0.512. The van der Waals surface area contributed by atoms with Gasteiger partial charge in [-0.2, -0.15) is 8.42 Å². The minimum atomic E-state index is -3.96. The molecule has 14 nitrogen and oxygen atoms in total. The zero-order chi connectivity index (χ0) is 41.9. The number of pyridine rings is 1. The van der Waals surface area contributed by atoms with Gasteiger partial charge in [-0.15, -0.1) is 0 Å². The lowest BCUT2D eigenvalue weighted by molar-refractivity contribution is -0.141. The van der Waals surface area contributed by atoms with Gasteiger partial charge >= 0.3 is 12.1 Å². The van der Waals surface area contributed by atoms with Gasteiger partial charge in [0.15, 0.2) is 0 Å². The summed E-state index contributed by atoms with van der Waals surface area (Å²) in [5.41, 5.74) is 2.26. The van der Waals surface area contributed by atoms with E-state index in [9.17, 15) is 27.6 Å². The van der Waals surface area contributed by atoms with Gasteiger partial charge in [0, 0.05) is 56.1 Å².